The zero-order valence-electron chi connectivity index (χ0n) is 14.6. The SMILES string of the molecule is CCOCCOc1cccc(NC(=S)NC(=O)/C=C/c2ccccc2)c1. The number of hydrogen-bond donors (Lipinski definition) is 2. The van der Waals surface area contributed by atoms with E-state index in [1.165, 1.54) is 6.08 Å². The van der Waals surface area contributed by atoms with Crippen molar-refractivity contribution in [3.63, 3.8) is 0 Å². The summed E-state index contributed by atoms with van der Waals surface area (Å²) in [7, 11) is 0. The Hall–Kier alpha value is -2.70. The highest BCUT2D eigenvalue weighted by Crippen LogP contribution is 2.17. The van der Waals surface area contributed by atoms with Gasteiger partial charge in [0.2, 0.25) is 5.91 Å². The van der Waals surface area contributed by atoms with Gasteiger partial charge in [0.1, 0.15) is 12.4 Å². The summed E-state index contributed by atoms with van der Waals surface area (Å²) >= 11 is 5.17. The molecule has 0 aromatic heterocycles. The number of carbonyl (C=O) groups excluding carboxylic acids is 1. The van der Waals surface area contributed by atoms with Crippen molar-refractivity contribution in [1.29, 1.82) is 0 Å². The molecule has 6 heteroatoms. The third-order valence-electron chi connectivity index (χ3n) is 3.26. The van der Waals surface area contributed by atoms with E-state index in [1.807, 2.05) is 61.5 Å². The molecule has 0 fully saturated rings. The highest BCUT2D eigenvalue weighted by atomic mass is 32.1. The summed E-state index contributed by atoms with van der Waals surface area (Å²) in [5, 5.41) is 5.80. The van der Waals surface area contributed by atoms with Crippen LogP contribution in [-0.4, -0.2) is 30.8 Å². The molecule has 0 saturated carbocycles. The van der Waals surface area contributed by atoms with Gasteiger partial charge >= 0.3 is 0 Å². The van der Waals surface area contributed by atoms with Gasteiger partial charge in [-0.1, -0.05) is 36.4 Å². The first-order valence-corrected chi connectivity index (χ1v) is 8.74. The van der Waals surface area contributed by atoms with Crippen molar-refractivity contribution in [2.45, 2.75) is 6.92 Å². The Kier molecular flexibility index (Phi) is 8.32. The third kappa shape index (κ3) is 7.46. The van der Waals surface area contributed by atoms with Crippen molar-refractivity contribution in [3.8, 4) is 5.75 Å². The van der Waals surface area contributed by atoms with E-state index in [-0.39, 0.29) is 11.0 Å². The number of hydrogen-bond acceptors (Lipinski definition) is 4. The molecule has 0 aliphatic carbocycles. The lowest BCUT2D eigenvalue weighted by Crippen LogP contribution is -2.32. The van der Waals surface area contributed by atoms with E-state index in [0.29, 0.717) is 25.6 Å². The van der Waals surface area contributed by atoms with Gasteiger partial charge in [-0.2, -0.15) is 0 Å². The van der Waals surface area contributed by atoms with Crippen LogP contribution in [0.15, 0.2) is 60.7 Å². The van der Waals surface area contributed by atoms with Gasteiger partial charge in [-0.05, 0) is 42.9 Å². The van der Waals surface area contributed by atoms with E-state index in [4.69, 9.17) is 21.7 Å². The predicted octanol–water partition coefficient (Wildman–Crippen LogP) is 3.63. The third-order valence-corrected chi connectivity index (χ3v) is 3.46. The minimum Gasteiger partial charge on any atom is -0.491 e. The first kappa shape index (κ1) is 19.6. The van der Waals surface area contributed by atoms with E-state index in [9.17, 15) is 4.79 Å². The first-order chi connectivity index (χ1) is 12.7. The predicted molar refractivity (Wildman–Crippen MR) is 108 cm³/mol. The van der Waals surface area contributed by atoms with Crippen LogP contribution in [0.1, 0.15) is 12.5 Å². The maximum atomic E-state index is 11.9. The van der Waals surface area contributed by atoms with Gasteiger partial charge in [0.05, 0.1) is 6.61 Å². The molecule has 0 saturated heterocycles. The molecule has 26 heavy (non-hydrogen) atoms. The van der Waals surface area contributed by atoms with Crippen LogP contribution in [0.25, 0.3) is 6.08 Å². The minimum atomic E-state index is -0.296. The molecule has 0 atom stereocenters. The molecule has 0 unspecified atom stereocenters. The van der Waals surface area contributed by atoms with Crippen molar-refractivity contribution >= 4 is 35.0 Å². The number of ether oxygens (including phenoxy) is 2. The van der Waals surface area contributed by atoms with Gasteiger partial charge in [-0.3, -0.25) is 10.1 Å². The largest absolute Gasteiger partial charge is 0.491 e. The van der Waals surface area contributed by atoms with Crippen LogP contribution in [0.3, 0.4) is 0 Å². The molecule has 0 radical (unpaired) electrons. The zero-order chi connectivity index (χ0) is 18.6. The lowest BCUT2D eigenvalue weighted by atomic mass is 10.2. The molecule has 0 bridgehead atoms. The Morgan fingerprint density at radius 1 is 1.12 bits per heavy atom. The lowest BCUT2D eigenvalue weighted by Gasteiger charge is -2.11. The van der Waals surface area contributed by atoms with E-state index in [0.717, 1.165) is 11.3 Å². The van der Waals surface area contributed by atoms with Crippen molar-refractivity contribution < 1.29 is 14.3 Å². The Labute approximate surface area is 159 Å². The molecule has 0 aliphatic rings. The summed E-state index contributed by atoms with van der Waals surface area (Å²) < 4.78 is 10.8. The number of benzene rings is 2. The summed E-state index contributed by atoms with van der Waals surface area (Å²) in [6.45, 7) is 3.62. The van der Waals surface area contributed by atoms with Crippen molar-refractivity contribution in [1.82, 2.24) is 5.32 Å². The normalized spacial score (nSPS) is 10.5. The van der Waals surface area contributed by atoms with E-state index >= 15 is 0 Å². The van der Waals surface area contributed by atoms with Gasteiger partial charge in [-0.25, -0.2) is 0 Å². The fourth-order valence-electron chi connectivity index (χ4n) is 2.08. The topological polar surface area (TPSA) is 59.6 Å². The fraction of sp³-hybridized carbons (Fsp3) is 0.200. The van der Waals surface area contributed by atoms with E-state index in [1.54, 1.807) is 6.08 Å². The number of amides is 1. The van der Waals surface area contributed by atoms with Crippen LogP contribution >= 0.6 is 12.2 Å². The van der Waals surface area contributed by atoms with Gasteiger partial charge < -0.3 is 14.8 Å². The van der Waals surface area contributed by atoms with Crippen LogP contribution in [0, 0.1) is 0 Å². The summed E-state index contributed by atoms with van der Waals surface area (Å²) in [6.07, 6.45) is 3.17. The second-order valence-corrected chi connectivity index (χ2v) is 5.67. The summed E-state index contributed by atoms with van der Waals surface area (Å²) in [6, 6.07) is 16.9. The summed E-state index contributed by atoms with van der Waals surface area (Å²) in [4.78, 5) is 11.9. The average molecular weight is 370 g/mol. The van der Waals surface area contributed by atoms with Gasteiger partial charge in [0, 0.05) is 24.4 Å². The molecule has 0 spiro atoms. The monoisotopic (exact) mass is 370 g/mol. The van der Waals surface area contributed by atoms with Gasteiger partial charge in [0.15, 0.2) is 5.11 Å². The number of thiocarbonyl (C=S) groups is 1. The zero-order valence-corrected chi connectivity index (χ0v) is 15.4. The van der Waals surface area contributed by atoms with Gasteiger partial charge in [-0.15, -0.1) is 0 Å². The Balaban J connectivity index is 1.81. The summed E-state index contributed by atoms with van der Waals surface area (Å²) in [5.41, 5.74) is 1.68. The van der Waals surface area contributed by atoms with Crippen molar-refractivity contribution in [3.05, 3.63) is 66.2 Å². The Morgan fingerprint density at radius 2 is 1.92 bits per heavy atom. The standard InChI is InChI=1S/C20H22N2O3S/c1-2-24-13-14-25-18-10-6-9-17(15-18)21-20(26)22-19(23)12-11-16-7-4-3-5-8-16/h3-12,15H,2,13-14H2,1H3,(H2,21,22,23,26)/b12-11+. The van der Waals surface area contributed by atoms with Crippen molar-refractivity contribution in [2.75, 3.05) is 25.1 Å². The number of rotatable bonds is 8. The van der Waals surface area contributed by atoms with Crippen LogP contribution in [0.5, 0.6) is 5.75 Å². The second kappa shape index (κ2) is 11.0. The Morgan fingerprint density at radius 3 is 2.69 bits per heavy atom. The van der Waals surface area contributed by atoms with Crippen molar-refractivity contribution in [2.24, 2.45) is 0 Å². The van der Waals surface area contributed by atoms with Crippen LogP contribution in [0.4, 0.5) is 5.69 Å². The number of anilines is 1. The average Bonchev–Trinajstić information content (AvgIpc) is 2.65. The smallest absolute Gasteiger partial charge is 0.250 e. The first-order valence-electron chi connectivity index (χ1n) is 8.33. The highest BCUT2D eigenvalue weighted by molar-refractivity contribution is 7.80. The second-order valence-electron chi connectivity index (χ2n) is 5.26. The van der Waals surface area contributed by atoms with E-state index < -0.39 is 0 Å². The molecule has 5 nitrogen and oxygen atoms in total. The van der Waals surface area contributed by atoms with Gasteiger partial charge in [0.25, 0.3) is 0 Å². The van der Waals surface area contributed by atoms with E-state index in [2.05, 4.69) is 10.6 Å². The molecule has 136 valence electrons. The van der Waals surface area contributed by atoms with Crippen LogP contribution in [-0.2, 0) is 9.53 Å². The fourth-order valence-corrected chi connectivity index (χ4v) is 2.30. The summed E-state index contributed by atoms with van der Waals surface area (Å²) in [5.74, 6) is 0.406. The number of carbonyl (C=O) groups is 1. The minimum absolute atomic E-state index is 0.221. The molecule has 0 aliphatic heterocycles. The molecule has 2 aromatic rings. The lowest BCUT2D eigenvalue weighted by molar-refractivity contribution is -0.115. The maximum Gasteiger partial charge on any atom is 0.250 e. The maximum absolute atomic E-state index is 11.9. The number of nitrogens with one attached hydrogen (secondary N) is 2. The molecule has 2 N–H and O–H groups in total. The van der Waals surface area contributed by atoms with Crippen LogP contribution in [0.2, 0.25) is 0 Å². The molecule has 2 rings (SSSR count). The van der Waals surface area contributed by atoms with Crippen LogP contribution < -0.4 is 15.4 Å². The molecular formula is C20H22N2O3S. The Bertz CT molecular complexity index is 748. The highest BCUT2D eigenvalue weighted by Gasteiger charge is 2.03. The molecule has 2 aromatic carbocycles. The molecule has 0 heterocycles. The quantitative estimate of drug-likeness (QED) is 0.422. The molecule has 1 amide bonds. The molecular weight excluding hydrogens is 348 g/mol.